The van der Waals surface area contributed by atoms with Crippen LogP contribution in [-0.2, 0) is 4.79 Å². The first kappa shape index (κ1) is 26.0. The third kappa shape index (κ3) is 6.60. The molecular formula is C21H25N5O8. The predicted octanol–water partition coefficient (Wildman–Crippen LogP) is 3.84. The molecule has 0 atom stereocenters. The van der Waals surface area contributed by atoms with Crippen molar-refractivity contribution in [2.75, 3.05) is 25.0 Å². The monoisotopic (exact) mass is 475 g/mol. The van der Waals surface area contributed by atoms with E-state index in [4.69, 9.17) is 5.11 Å². The van der Waals surface area contributed by atoms with Crippen molar-refractivity contribution in [3.8, 4) is 5.75 Å². The van der Waals surface area contributed by atoms with Gasteiger partial charge in [-0.05, 0) is 50.3 Å². The number of carbonyl (C=O) groups is 1. The van der Waals surface area contributed by atoms with Gasteiger partial charge in [0.15, 0.2) is 0 Å². The van der Waals surface area contributed by atoms with Gasteiger partial charge in [0.1, 0.15) is 0 Å². The fourth-order valence-corrected chi connectivity index (χ4v) is 3.34. The predicted molar refractivity (Wildman–Crippen MR) is 123 cm³/mol. The van der Waals surface area contributed by atoms with Gasteiger partial charge in [0.2, 0.25) is 5.91 Å². The van der Waals surface area contributed by atoms with Gasteiger partial charge >= 0.3 is 11.4 Å². The molecule has 13 nitrogen and oxygen atoms in total. The molecule has 13 heteroatoms. The fourth-order valence-electron chi connectivity index (χ4n) is 3.34. The molecule has 1 aliphatic heterocycles. The Morgan fingerprint density at radius 2 is 1.53 bits per heavy atom. The van der Waals surface area contributed by atoms with Crippen LogP contribution in [0.1, 0.15) is 30.4 Å². The third-order valence-electron chi connectivity index (χ3n) is 5.40. The second-order valence-electron chi connectivity index (χ2n) is 7.65. The maximum absolute atomic E-state index is 12.0. The maximum Gasteiger partial charge on any atom is 0.324 e. The lowest BCUT2D eigenvalue weighted by Crippen LogP contribution is -2.39. The van der Waals surface area contributed by atoms with Crippen molar-refractivity contribution < 1.29 is 24.7 Å². The normalized spacial score (nSPS) is 12.8. The minimum absolute atomic E-state index is 0.218. The molecule has 0 bridgehead atoms. The number of hydrogen-bond acceptors (Lipinski definition) is 9. The van der Waals surface area contributed by atoms with Gasteiger partial charge in [-0.1, -0.05) is 12.1 Å². The quantitative estimate of drug-likeness (QED) is 0.463. The molecule has 1 heterocycles. The largest absolute Gasteiger partial charge is 0.497 e. The molecule has 0 spiro atoms. The molecule has 2 aromatic rings. The van der Waals surface area contributed by atoms with E-state index in [1.54, 1.807) is 0 Å². The highest BCUT2D eigenvalue weighted by atomic mass is 16.6. The van der Waals surface area contributed by atoms with Gasteiger partial charge in [-0.2, -0.15) is 0 Å². The number of benzene rings is 2. The van der Waals surface area contributed by atoms with Gasteiger partial charge in [-0.25, -0.2) is 0 Å². The van der Waals surface area contributed by atoms with Crippen LogP contribution in [0, 0.1) is 44.2 Å². The molecule has 0 unspecified atom stereocenters. The van der Waals surface area contributed by atoms with Gasteiger partial charge in [-0.15, -0.1) is 0 Å². The number of aromatic hydroxyl groups is 1. The summed E-state index contributed by atoms with van der Waals surface area (Å²) in [5.74, 6) is -0.990. The molecule has 1 amide bonds. The Balaban J connectivity index is 0.000000242. The van der Waals surface area contributed by atoms with Crippen molar-refractivity contribution in [1.82, 2.24) is 4.90 Å². The zero-order chi connectivity index (χ0) is 25.4. The van der Waals surface area contributed by atoms with E-state index in [1.807, 2.05) is 17.0 Å². The molecule has 34 heavy (non-hydrogen) atoms. The van der Waals surface area contributed by atoms with E-state index < -0.39 is 37.6 Å². The highest BCUT2D eigenvalue weighted by Gasteiger charge is 2.30. The molecule has 3 rings (SSSR count). The summed E-state index contributed by atoms with van der Waals surface area (Å²) >= 11 is 0. The zero-order valence-electron chi connectivity index (χ0n) is 18.7. The Morgan fingerprint density at radius 3 is 2.03 bits per heavy atom. The van der Waals surface area contributed by atoms with Crippen molar-refractivity contribution in [2.24, 2.45) is 0 Å². The minimum Gasteiger partial charge on any atom is -0.497 e. The number of piperidine rings is 1. The van der Waals surface area contributed by atoms with Crippen LogP contribution in [0.4, 0.5) is 22.7 Å². The molecule has 0 radical (unpaired) electrons. The first-order valence-electron chi connectivity index (χ1n) is 10.4. The second kappa shape index (κ2) is 11.5. The number of amides is 1. The molecular weight excluding hydrogens is 450 g/mol. The van der Waals surface area contributed by atoms with Crippen LogP contribution in [0.2, 0.25) is 0 Å². The van der Waals surface area contributed by atoms with Crippen LogP contribution in [0.5, 0.6) is 5.75 Å². The van der Waals surface area contributed by atoms with Crippen LogP contribution >= 0.6 is 0 Å². The summed E-state index contributed by atoms with van der Waals surface area (Å²) in [7, 11) is 0. The third-order valence-corrected chi connectivity index (χ3v) is 5.40. The van der Waals surface area contributed by atoms with Gasteiger partial charge in [0, 0.05) is 18.8 Å². The van der Waals surface area contributed by atoms with Gasteiger partial charge in [-0.3, -0.25) is 35.1 Å². The van der Waals surface area contributed by atoms with Crippen molar-refractivity contribution in [3.05, 3.63) is 71.8 Å². The molecule has 2 aromatic carbocycles. The number of nitrogens with zero attached hydrogens (tertiary/aromatic N) is 4. The molecule has 0 aliphatic carbocycles. The van der Waals surface area contributed by atoms with Crippen LogP contribution in [-0.4, -0.2) is 50.3 Å². The highest BCUT2D eigenvalue weighted by molar-refractivity contribution is 5.81. The Labute approximate surface area is 194 Å². The number of carbonyl (C=O) groups excluding carboxylic acids is 1. The Morgan fingerprint density at radius 1 is 0.971 bits per heavy atom. The Kier molecular flexibility index (Phi) is 8.81. The molecule has 0 saturated carbocycles. The number of phenols is 1. The molecule has 0 aromatic heterocycles. The minimum atomic E-state index is -1.21. The topological polar surface area (TPSA) is 182 Å². The van der Waals surface area contributed by atoms with Crippen molar-refractivity contribution in [3.63, 3.8) is 0 Å². The van der Waals surface area contributed by atoms with Crippen molar-refractivity contribution in [2.45, 2.75) is 33.1 Å². The fraction of sp³-hybridized carbons (Fsp3) is 0.381. The van der Waals surface area contributed by atoms with Crippen LogP contribution in [0.25, 0.3) is 0 Å². The van der Waals surface area contributed by atoms with Gasteiger partial charge < -0.3 is 15.3 Å². The number of phenolic OH excluding ortho intramolecular Hbond substituents is 1. The summed E-state index contributed by atoms with van der Waals surface area (Å²) in [6.07, 6.45) is 3.55. The van der Waals surface area contributed by atoms with Crippen LogP contribution in [0.15, 0.2) is 30.3 Å². The Hall–Kier alpha value is -4.29. The van der Waals surface area contributed by atoms with Crippen LogP contribution < -0.4 is 5.32 Å². The first-order valence-corrected chi connectivity index (χ1v) is 10.4. The van der Waals surface area contributed by atoms with Gasteiger partial charge in [0.05, 0.1) is 33.4 Å². The maximum atomic E-state index is 12.0. The lowest BCUT2D eigenvalue weighted by Gasteiger charge is -2.27. The average Bonchev–Trinajstić information content (AvgIpc) is 2.80. The summed E-state index contributed by atoms with van der Waals surface area (Å²) in [6, 6.07) is 7.04. The summed E-state index contributed by atoms with van der Waals surface area (Å²) in [6.45, 7) is 6.43. The van der Waals surface area contributed by atoms with E-state index in [0.29, 0.717) is 18.7 Å². The standard InChI is InChI=1S/C15H22N2O.C6H3N3O7/c1-12-7-6-8-14(13(12)2)16-11-15(18)17-9-4-3-5-10-17;10-6-4(8(13)14)1-3(7(11)12)2-5(6)9(15)16/h6-8,16H,3-5,9-11H2,1-2H3;1-2,10H. The summed E-state index contributed by atoms with van der Waals surface area (Å²) in [4.78, 5) is 41.8. The van der Waals surface area contributed by atoms with Gasteiger partial charge in [0.25, 0.3) is 11.4 Å². The number of aryl methyl sites for hydroxylation is 1. The number of nitro benzene ring substituents is 3. The van der Waals surface area contributed by atoms with Crippen molar-refractivity contribution in [1.29, 1.82) is 0 Å². The molecule has 1 aliphatic rings. The van der Waals surface area contributed by atoms with E-state index >= 15 is 0 Å². The SMILES string of the molecule is Cc1cccc(NCC(=O)N2CCCCC2)c1C.O=[N+]([O-])c1cc([N+](=O)[O-])c(O)c([N+](=O)[O-])c1. The number of nitro groups is 3. The number of anilines is 1. The lowest BCUT2D eigenvalue weighted by molar-refractivity contribution is -0.404. The molecule has 182 valence electrons. The second-order valence-corrected chi connectivity index (χ2v) is 7.65. The van der Waals surface area contributed by atoms with E-state index in [1.165, 1.54) is 17.5 Å². The average molecular weight is 475 g/mol. The summed E-state index contributed by atoms with van der Waals surface area (Å²) in [5.41, 5.74) is 0.549. The summed E-state index contributed by atoms with van der Waals surface area (Å²) < 4.78 is 0. The number of rotatable bonds is 6. The molecule has 1 saturated heterocycles. The molecule has 1 fully saturated rings. The number of hydrogen-bond donors (Lipinski definition) is 2. The number of nitrogens with one attached hydrogen (secondary N) is 1. The smallest absolute Gasteiger partial charge is 0.324 e. The Bertz CT molecular complexity index is 1060. The summed E-state index contributed by atoms with van der Waals surface area (Å²) in [5, 5.41) is 43.5. The first-order chi connectivity index (χ1) is 16.0. The number of non-ortho nitro benzene ring substituents is 1. The van der Waals surface area contributed by atoms with E-state index in [9.17, 15) is 35.1 Å². The lowest BCUT2D eigenvalue weighted by atomic mass is 10.1. The van der Waals surface area contributed by atoms with E-state index in [2.05, 4.69) is 25.2 Å². The zero-order valence-corrected chi connectivity index (χ0v) is 18.7. The number of likely N-dealkylation sites (tertiary alicyclic amines) is 1. The van der Waals surface area contributed by atoms with Crippen molar-refractivity contribution >= 4 is 28.7 Å². The van der Waals surface area contributed by atoms with E-state index in [0.717, 1.165) is 31.6 Å². The molecule has 2 N–H and O–H groups in total. The highest BCUT2D eigenvalue weighted by Crippen LogP contribution is 2.38. The van der Waals surface area contributed by atoms with Crippen LogP contribution in [0.3, 0.4) is 0 Å². The van der Waals surface area contributed by atoms with E-state index in [-0.39, 0.29) is 5.91 Å².